The van der Waals surface area contributed by atoms with E-state index in [-0.39, 0.29) is 11.8 Å². The third-order valence-corrected chi connectivity index (χ3v) is 5.08. The molecule has 1 aromatic carbocycles. The zero-order chi connectivity index (χ0) is 17.2. The van der Waals surface area contributed by atoms with Crippen molar-refractivity contribution in [3.63, 3.8) is 0 Å². The number of nitrogen functional groups attached to an aromatic ring is 1. The van der Waals surface area contributed by atoms with Crippen molar-refractivity contribution in [2.75, 3.05) is 11.1 Å². The molecule has 4 rings (SSSR count). The number of fused-ring (bicyclic) bond motifs is 1. The zero-order valence-electron chi connectivity index (χ0n) is 13.4. The first-order chi connectivity index (χ1) is 12.2. The van der Waals surface area contributed by atoms with Gasteiger partial charge in [0.2, 0.25) is 5.95 Å². The van der Waals surface area contributed by atoms with Crippen molar-refractivity contribution in [2.45, 2.75) is 29.1 Å². The maximum Gasteiger partial charge on any atom is 0.222 e. The average Bonchev–Trinajstić information content (AvgIpc) is 3.07. The number of rotatable bonds is 4. The number of nitrogens with one attached hydrogen (secondary N) is 1. The van der Waals surface area contributed by atoms with Gasteiger partial charge in [0.15, 0.2) is 0 Å². The first-order valence-corrected chi connectivity index (χ1v) is 8.80. The van der Waals surface area contributed by atoms with Crippen LogP contribution in [0.25, 0.3) is 0 Å². The Morgan fingerprint density at radius 3 is 2.72 bits per heavy atom. The van der Waals surface area contributed by atoms with E-state index in [0.29, 0.717) is 16.4 Å². The smallest absolute Gasteiger partial charge is 0.222 e. The third kappa shape index (κ3) is 3.41. The highest BCUT2D eigenvalue weighted by Crippen LogP contribution is 2.33. The molecule has 0 spiro atoms. The van der Waals surface area contributed by atoms with Crippen LogP contribution in [0.4, 0.5) is 21.8 Å². The standard InChI is InChI=1S/C18H16FN5S/c19-14-10-11(4-5-16(14)25-12-6-8-21-9-7-12)22-17-13-2-1-3-15(13)23-18(20)24-17/h4-10H,1-3H2,(H3,20,22,23,24). The van der Waals surface area contributed by atoms with Crippen molar-refractivity contribution in [1.82, 2.24) is 15.0 Å². The Kier molecular flexibility index (Phi) is 4.23. The number of pyridine rings is 1. The number of aromatic nitrogens is 3. The molecule has 126 valence electrons. The molecule has 0 unspecified atom stereocenters. The number of benzene rings is 1. The van der Waals surface area contributed by atoms with E-state index in [1.165, 1.54) is 17.8 Å². The molecule has 7 heteroatoms. The Labute approximate surface area is 148 Å². The van der Waals surface area contributed by atoms with E-state index in [4.69, 9.17) is 5.73 Å². The first-order valence-electron chi connectivity index (χ1n) is 7.99. The van der Waals surface area contributed by atoms with Crippen LogP contribution in [0.15, 0.2) is 52.5 Å². The van der Waals surface area contributed by atoms with Crippen LogP contribution in [-0.4, -0.2) is 15.0 Å². The molecule has 0 saturated heterocycles. The highest BCUT2D eigenvalue weighted by molar-refractivity contribution is 7.99. The van der Waals surface area contributed by atoms with Crippen LogP contribution >= 0.6 is 11.8 Å². The maximum atomic E-state index is 14.5. The van der Waals surface area contributed by atoms with E-state index in [2.05, 4.69) is 20.3 Å². The minimum atomic E-state index is -0.287. The van der Waals surface area contributed by atoms with Crippen LogP contribution in [0.3, 0.4) is 0 Å². The summed E-state index contributed by atoms with van der Waals surface area (Å²) in [6.07, 6.45) is 6.24. The predicted octanol–water partition coefficient (Wildman–Crippen LogP) is 3.98. The molecular weight excluding hydrogens is 337 g/mol. The van der Waals surface area contributed by atoms with Gasteiger partial charge in [-0.3, -0.25) is 4.98 Å². The molecule has 3 aromatic rings. The minimum Gasteiger partial charge on any atom is -0.368 e. The molecular formula is C18H16FN5S. The summed E-state index contributed by atoms with van der Waals surface area (Å²) >= 11 is 1.36. The lowest BCUT2D eigenvalue weighted by Crippen LogP contribution is -2.05. The van der Waals surface area contributed by atoms with Crippen molar-refractivity contribution < 1.29 is 4.39 Å². The van der Waals surface area contributed by atoms with E-state index >= 15 is 0 Å². The van der Waals surface area contributed by atoms with E-state index in [1.54, 1.807) is 18.5 Å². The molecule has 3 N–H and O–H groups in total. The summed E-state index contributed by atoms with van der Waals surface area (Å²) in [4.78, 5) is 14.0. The summed E-state index contributed by atoms with van der Waals surface area (Å²) in [7, 11) is 0. The van der Waals surface area contributed by atoms with E-state index in [1.807, 2.05) is 18.2 Å². The van der Waals surface area contributed by atoms with Gasteiger partial charge in [0, 0.05) is 33.4 Å². The maximum absolute atomic E-state index is 14.5. The predicted molar refractivity (Wildman–Crippen MR) is 96.5 cm³/mol. The molecule has 0 radical (unpaired) electrons. The SMILES string of the molecule is Nc1nc2c(c(Nc3ccc(Sc4ccncc4)c(F)c3)n1)CCC2. The van der Waals surface area contributed by atoms with E-state index in [0.717, 1.165) is 35.4 Å². The Morgan fingerprint density at radius 1 is 1.08 bits per heavy atom. The fraction of sp³-hybridized carbons (Fsp3) is 0.167. The van der Waals surface area contributed by atoms with Crippen LogP contribution in [0.2, 0.25) is 0 Å². The Bertz CT molecular complexity index is 917. The molecule has 5 nitrogen and oxygen atoms in total. The quantitative estimate of drug-likeness (QED) is 0.739. The van der Waals surface area contributed by atoms with Crippen molar-refractivity contribution in [3.05, 3.63) is 59.8 Å². The van der Waals surface area contributed by atoms with Gasteiger partial charge < -0.3 is 11.1 Å². The highest BCUT2D eigenvalue weighted by Gasteiger charge is 2.19. The Balaban J connectivity index is 1.58. The van der Waals surface area contributed by atoms with Crippen LogP contribution < -0.4 is 11.1 Å². The molecule has 2 heterocycles. The topological polar surface area (TPSA) is 76.7 Å². The summed E-state index contributed by atoms with van der Waals surface area (Å²) in [6, 6.07) is 8.77. The highest BCUT2D eigenvalue weighted by atomic mass is 32.2. The van der Waals surface area contributed by atoms with Gasteiger partial charge in [-0.25, -0.2) is 9.37 Å². The van der Waals surface area contributed by atoms with Crippen LogP contribution in [0, 0.1) is 5.82 Å². The molecule has 2 aromatic heterocycles. The summed E-state index contributed by atoms with van der Waals surface area (Å²) < 4.78 is 14.5. The number of nitrogens with two attached hydrogens (primary N) is 1. The molecule has 1 aliphatic carbocycles. The molecule has 0 bridgehead atoms. The zero-order valence-corrected chi connectivity index (χ0v) is 14.2. The van der Waals surface area contributed by atoms with Gasteiger partial charge in [-0.05, 0) is 49.6 Å². The number of anilines is 3. The number of nitrogens with zero attached hydrogens (tertiary/aromatic N) is 3. The normalized spacial score (nSPS) is 12.8. The van der Waals surface area contributed by atoms with E-state index in [9.17, 15) is 4.39 Å². The average molecular weight is 353 g/mol. The van der Waals surface area contributed by atoms with Gasteiger partial charge in [-0.15, -0.1) is 0 Å². The first kappa shape index (κ1) is 15.8. The van der Waals surface area contributed by atoms with Crippen molar-refractivity contribution in [3.8, 4) is 0 Å². The van der Waals surface area contributed by atoms with Crippen LogP contribution in [-0.2, 0) is 12.8 Å². The Morgan fingerprint density at radius 2 is 1.92 bits per heavy atom. The molecule has 25 heavy (non-hydrogen) atoms. The van der Waals surface area contributed by atoms with Crippen LogP contribution in [0.5, 0.6) is 0 Å². The molecule has 0 saturated carbocycles. The van der Waals surface area contributed by atoms with Crippen molar-refractivity contribution in [2.24, 2.45) is 0 Å². The number of aryl methyl sites for hydroxylation is 1. The molecule has 0 aliphatic heterocycles. The van der Waals surface area contributed by atoms with Crippen molar-refractivity contribution >= 4 is 29.2 Å². The van der Waals surface area contributed by atoms with Gasteiger partial charge in [-0.1, -0.05) is 11.8 Å². The second-order valence-electron chi connectivity index (χ2n) is 5.76. The van der Waals surface area contributed by atoms with Crippen molar-refractivity contribution in [1.29, 1.82) is 0 Å². The fourth-order valence-corrected chi connectivity index (χ4v) is 3.69. The molecule has 1 aliphatic rings. The second kappa shape index (κ2) is 6.68. The Hall–Kier alpha value is -2.67. The lowest BCUT2D eigenvalue weighted by atomic mass is 10.2. The van der Waals surface area contributed by atoms with Gasteiger partial charge in [0.25, 0.3) is 0 Å². The number of hydrogen-bond acceptors (Lipinski definition) is 6. The third-order valence-electron chi connectivity index (χ3n) is 4.02. The summed E-state index contributed by atoms with van der Waals surface area (Å²) in [5, 5.41) is 3.19. The van der Waals surface area contributed by atoms with Gasteiger partial charge in [0.05, 0.1) is 5.69 Å². The number of hydrogen-bond donors (Lipinski definition) is 2. The summed E-state index contributed by atoms with van der Waals surface area (Å²) in [5.74, 6) is 0.632. The lowest BCUT2D eigenvalue weighted by molar-refractivity contribution is 0.602. The molecule has 0 fully saturated rings. The molecule has 0 amide bonds. The summed E-state index contributed by atoms with van der Waals surface area (Å²) in [5.41, 5.74) is 8.48. The van der Waals surface area contributed by atoms with Gasteiger partial charge >= 0.3 is 0 Å². The largest absolute Gasteiger partial charge is 0.368 e. The summed E-state index contributed by atoms with van der Waals surface area (Å²) in [6.45, 7) is 0. The lowest BCUT2D eigenvalue weighted by Gasteiger charge is -2.12. The second-order valence-corrected chi connectivity index (χ2v) is 6.88. The minimum absolute atomic E-state index is 0.244. The molecule has 0 atom stereocenters. The van der Waals surface area contributed by atoms with Gasteiger partial charge in [-0.2, -0.15) is 4.98 Å². The fourth-order valence-electron chi connectivity index (χ4n) is 2.89. The monoisotopic (exact) mass is 353 g/mol. The van der Waals surface area contributed by atoms with Crippen LogP contribution in [0.1, 0.15) is 17.7 Å². The number of halogens is 1. The van der Waals surface area contributed by atoms with Gasteiger partial charge in [0.1, 0.15) is 11.6 Å². The van der Waals surface area contributed by atoms with E-state index < -0.39 is 0 Å².